The fraction of sp³-hybridized carbons (Fsp3) is 1.00. The van der Waals surface area contributed by atoms with Crippen molar-refractivity contribution in [3.05, 3.63) is 0 Å². The molecule has 0 aromatic carbocycles. The number of unbranched alkanes of at least 4 members (excludes halogenated alkanes) is 2. The van der Waals surface area contributed by atoms with Crippen molar-refractivity contribution in [1.82, 2.24) is 0 Å². The Morgan fingerprint density at radius 2 is 1.60 bits per heavy atom. The van der Waals surface area contributed by atoms with Gasteiger partial charge in [0.1, 0.15) is 0 Å². The first kappa shape index (κ1) is 15.3. The Kier molecular flexibility index (Phi) is 6.26. The summed E-state index contributed by atoms with van der Waals surface area (Å²) in [6.07, 6.45) is 1.69. The third-order valence-electron chi connectivity index (χ3n) is 2.07. The lowest BCUT2D eigenvalue weighted by Gasteiger charge is -2.18. The topological polar surface area (TPSA) is 115 Å². The van der Waals surface area contributed by atoms with Crippen LogP contribution in [0.3, 0.4) is 0 Å². The van der Waals surface area contributed by atoms with Crippen LogP contribution in [0.25, 0.3) is 0 Å². The summed E-state index contributed by atoms with van der Waals surface area (Å²) in [5.41, 5.74) is -1.22. The molecule has 0 aromatic heterocycles. The third-order valence-corrected chi connectivity index (χ3v) is 4.66. The standard InChI is InChI=1S/C7H18O6P2/c1-2-3-4-5-7(15(11,12)13)6-14(8,9)10/h7H,2-6H2,1H3,(H2,8,9,10)(H2,11,12,13). The van der Waals surface area contributed by atoms with Crippen molar-refractivity contribution in [3.8, 4) is 0 Å². The Morgan fingerprint density at radius 1 is 1.07 bits per heavy atom. The predicted octanol–water partition coefficient (Wildman–Crippen LogP) is 1.29. The minimum Gasteiger partial charge on any atom is -0.324 e. The molecule has 0 aliphatic carbocycles. The zero-order chi connectivity index (χ0) is 12.1. The molecule has 8 heteroatoms. The zero-order valence-electron chi connectivity index (χ0n) is 8.61. The van der Waals surface area contributed by atoms with Crippen molar-refractivity contribution in [2.45, 2.75) is 38.3 Å². The highest BCUT2D eigenvalue weighted by Gasteiger charge is 2.34. The van der Waals surface area contributed by atoms with Crippen LogP contribution in [0.15, 0.2) is 0 Å². The van der Waals surface area contributed by atoms with E-state index in [1.165, 1.54) is 0 Å². The Morgan fingerprint density at radius 3 is 1.93 bits per heavy atom. The van der Waals surface area contributed by atoms with E-state index in [4.69, 9.17) is 19.6 Å². The van der Waals surface area contributed by atoms with Crippen molar-refractivity contribution < 1.29 is 28.7 Å². The molecule has 0 rings (SSSR count). The van der Waals surface area contributed by atoms with Crippen LogP contribution in [0.4, 0.5) is 0 Å². The van der Waals surface area contributed by atoms with E-state index in [2.05, 4.69) is 0 Å². The molecule has 0 saturated carbocycles. The molecule has 1 unspecified atom stereocenters. The second-order valence-corrected chi connectivity index (χ2v) is 7.19. The Balaban J connectivity index is 4.34. The van der Waals surface area contributed by atoms with Crippen molar-refractivity contribution in [1.29, 1.82) is 0 Å². The van der Waals surface area contributed by atoms with Crippen LogP contribution >= 0.6 is 15.2 Å². The fourth-order valence-corrected chi connectivity index (χ4v) is 4.01. The van der Waals surface area contributed by atoms with Gasteiger partial charge in [-0.25, -0.2) is 0 Å². The first-order chi connectivity index (χ1) is 6.67. The maximum atomic E-state index is 11.0. The molecule has 0 aliphatic heterocycles. The first-order valence-electron chi connectivity index (χ1n) is 4.76. The minimum atomic E-state index is -4.40. The summed E-state index contributed by atoms with van der Waals surface area (Å²) in [5.74, 6) is 0. The molecule has 0 saturated heterocycles. The quantitative estimate of drug-likeness (QED) is 0.405. The van der Waals surface area contributed by atoms with E-state index in [1.54, 1.807) is 0 Å². The van der Waals surface area contributed by atoms with Crippen molar-refractivity contribution >= 4 is 15.2 Å². The summed E-state index contributed by atoms with van der Waals surface area (Å²) in [5, 5.41) is 0. The number of hydrogen-bond donors (Lipinski definition) is 4. The van der Waals surface area contributed by atoms with Gasteiger partial charge in [0.15, 0.2) is 0 Å². The second kappa shape index (κ2) is 6.14. The van der Waals surface area contributed by atoms with Gasteiger partial charge in [-0.05, 0) is 6.42 Å². The second-order valence-electron chi connectivity index (χ2n) is 3.59. The van der Waals surface area contributed by atoms with E-state index in [-0.39, 0.29) is 6.42 Å². The molecule has 0 aliphatic rings. The molecule has 92 valence electrons. The normalized spacial score (nSPS) is 15.3. The molecule has 0 spiro atoms. The van der Waals surface area contributed by atoms with Gasteiger partial charge < -0.3 is 19.6 Å². The Hall–Kier alpha value is 0.300. The molecule has 6 nitrogen and oxygen atoms in total. The van der Waals surface area contributed by atoms with Crippen molar-refractivity contribution in [2.75, 3.05) is 6.16 Å². The maximum absolute atomic E-state index is 11.0. The molecule has 0 heterocycles. The molecule has 4 N–H and O–H groups in total. The monoisotopic (exact) mass is 260 g/mol. The molecule has 0 bridgehead atoms. The number of hydrogen-bond acceptors (Lipinski definition) is 2. The highest BCUT2D eigenvalue weighted by Crippen LogP contribution is 2.50. The van der Waals surface area contributed by atoms with E-state index >= 15 is 0 Å². The average Bonchev–Trinajstić information content (AvgIpc) is 1.99. The largest absolute Gasteiger partial charge is 0.329 e. The summed E-state index contributed by atoms with van der Waals surface area (Å²) < 4.78 is 21.6. The van der Waals surface area contributed by atoms with Gasteiger partial charge in [0.05, 0.1) is 11.8 Å². The summed E-state index contributed by atoms with van der Waals surface area (Å²) in [7, 11) is -8.76. The summed E-state index contributed by atoms with van der Waals surface area (Å²) in [6.45, 7) is 1.94. The van der Waals surface area contributed by atoms with Gasteiger partial charge in [-0.2, -0.15) is 0 Å². The molecule has 0 radical (unpaired) electrons. The molecule has 0 amide bonds. The first-order valence-corrected chi connectivity index (χ1v) is 8.24. The molecular weight excluding hydrogens is 242 g/mol. The van der Waals surface area contributed by atoms with Crippen LogP contribution in [-0.2, 0) is 9.13 Å². The Bertz CT molecular complexity index is 267. The summed E-state index contributed by atoms with van der Waals surface area (Å²) in [4.78, 5) is 35.2. The van der Waals surface area contributed by atoms with Crippen LogP contribution in [0, 0.1) is 0 Å². The van der Waals surface area contributed by atoms with E-state index < -0.39 is 27.0 Å². The van der Waals surface area contributed by atoms with Gasteiger partial charge in [0.2, 0.25) is 0 Å². The highest BCUT2D eigenvalue weighted by molar-refractivity contribution is 7.56. The van der Waals surface area contributed by atoms with Crippen LogP contribution in [0.2, 0.25) is 0 Å². The average molecular weight is 260 g/mol. The van der Waals surface area contributed by atoms with Gasteiger partial charge in [0, 0.05) is 0 Å². The SMILES string of the molecule is CCCCCC(CP(=O)(O)O)P(=O)(O)O. The molecular formula is C7H18O6P2. The smallest absolute Gasteiger partial charge is 0.324 e. The lowest BCUT2D eigenvalue weighted by Crippen LogP contribution is -2.14. The zero-order valence-corrected chi connectivity index (χ0v) is 10.4. The maximum Gasteiger partial charge on any atom is 0.329 e. The molecule has 15 heavy (non-hydrogen) atoms. The van der Waals surface area contributed by atoms with E-state index in [0.29, 0.717) is 6.42 Å². The summed E-state index contributed by atoms with van der Waals surface area (Å²) in [6, 6.07) is 0. The van der Waals surface area contributed by atoms with Crippen LogP contribution in [0.5, 0.6) is 0 Å². The predicted molar refractivity (Wildman–Crippen MR) is 56.9 cm³/mol. The van der Waals surface area contributed by atoms with Gasteiger partial charge in [-0.1, -0.05) is 26.2 Å². The van der Waals surface area contributed by atoms with Crippen molar-refractivity contribution in [3.63, 3.8) is 0 Å². The van der Waals surface area contributed by atoms with Crippen LogP contribution in [-0.4, -0.2) is 31.4 Å². The van der Waals surface area contributed by atoms with Gasteiger partial charge in [0.25, 0.3) is 0 Å². The van der Waals surface area contributed by atoms with Crippen LogP contribution < -0.4 is 0 Å². The molecule has 0 aromatic rings. The van der Waals surface area contributed by atoms with Crippen LogP contribution in [0.1, 0.15) is 32.6 Å². The lowest BCUT2D eigenvalue weighted by molar-refractivity contribution is 0.341. The van der Waals surface area contributed by atoms with Gasteiger partial charge in [-0.15, -0.1) is 0 Å². The van der Waals surface area contributed by atoms with E-state index in [0.717, 1.165) is 12.8 Å². The lowest BCUT2D eigenvalue weighted by atomic mass is 10.2. The van der Waals surface area contributed by atoms with Crippen molar-refractivity contribution in [2.24, 2.45) is 0 Å². The third kappa shape index (κ3) is 8.14. The Labute approximate surface area is 89.0 Å². The number of rotatable bonds is 7. The summed E-state index contributed by atoms with van der Waals surface area (Å²) >= 11 is 0. The van der Waals surface area contributed by atoms with E-state index in [9.17, 15) is 9.13 Å². The molecule has 0 fully saturated rings. The van der Waals surface area contributed by atoms with Gasteiger partial charge >= 0.3 is 15.2 Å². The minimum absolute atomic E-state index is 0.156. The van der Waals surface area contributed by atoms with E-state index in [1.807, 2.05) is 6.92 Å². The highest BCUT2D eigenvalue weighted by atomic mass is 31.2. The van der Waals surface area contributed by atoms with Gasteiger partial charge in [-0.3, -0.25) is 9.13 Å². The molecule has 1 atom stereocenters. The fourth-order valence-electron chi connectivity index (χ4n) is 1.27.